The molecule has 0 aliphatic heterocycles. The molecule has 1 rings (SSSR count). The van der Waals surface area contributed by atoms with Gasteiger partial charge in [-0.1, -0.05) is 30.3 Å². The van der Waals surface area contributed by atoms with Crippen LogP contribution in [0.5, 0.6) is 0 Å². The Labute approximate surface area is 116 Å². The molecule has 6 nitrogen and oxygen atoms in total. The fraction of sp³-hybridized carbons (Fsp3) is 0.357. The second-order valence-electron chi connectivity index (χ2n) is 4.74. The summed E-state index contributed by atoms with van der Waals surface area (Å²) in [6.45, 7) is 1.31. The van der Waals surface area contributed by atoms with Crippen LogP contribution in [0.2, 0.25) is 0 Å². The smallest absolute Gasteiger partial charge is 0.329 e. The molecule has 1 atom stereocenters. The molecule has 0 fully saturated rings. The molecule has 0 aliphatic rings. The van der Waals surface area contributed by atoms with Crippen LogP contribution >= 0.6 is 0 Å². The highest BCUT2D eigenvalue weighted by atomic mass is 16.4. The van der Waals surface area contributed by atoms with E-state index < -0.39 is 23.4 Å². The van der Waals surface area contributed by atoms with E-state index in [0.717, 1.165) is 5.56 Å². The maximum atomic E-state index is 11.9. The summed E-state index contributed by atoms with van der Waals surface area (Å²) in [5.74, 6) is -2.80. The minimum atomic E-state index is -1.58. The highest BCUT2D eigenvalue weighted by molar-refractivity contribution is 5.88. The minimum absolute atomic E-state index is 0.0524. The number of benzene rings is 1. The molecular formula is C14H17NO5. The second-order valence-corrected chi connectivity index (χ2v) is 4.74. The van der Waals surface area contributed by atoms with E-state index in [1.54, 1.807) is 24.3 Å². The number of amides is 1. The summed E-state index contributed by atoms with van der Waals surface area (Å²) < 4.78 is 0. The summed E-state index contributed by atoms with van der Waals surface area (Å²) in [6.07, 6.45) is -0.441. The normalized spacial score (nSPS) is 13.2. The third-order valence-corrected chi connectivity index (χ3v) is 2.93. The third kappa shape index (κ3) is 4.72. The van der Waals surface area contributed by atoms with Crippen LogP contribution in [0.1, 0.15) is 25.3 Å². The van der Waals surface area contributed by atoms with E-state index >= 15 is 0 Å². The summed E-state index contributed by atoms with van der Waals surface area (Å²) in [4.78, 5) is 33.6. The topological polar surface area (TPSA) is 104 Å². The van der Waals surface area contributed by atoms with Gasteiger partial charge in [-0.05, 0) is 18.9 Å². The first-order valence-corrected chi connectivity index (χ1v) is 6.13. The number of aliphatic carboxylic acids is 2. The first-order chi connectivity index (χ1) is 9.33. The van der Waals surface area contributed by atoms with Crippen LogP contribution in [0.15, 0.2) is 30.3 Å². The summed E-state index contributed by atoms with van der Waals surface area (Å²) >= 11 is 0. The Bertz CT molecular complexity index is 500. The van der Waals surface area contributed by atoms with Crippen LogP contribution in [0.3, 0.4) is 0 Å². The molecule has 1 aromatic rings. The van der Waals surface area contributed by atoms with Gasteiger partial charge in [0.25, 0.3) is 0 Å². The summed E-state index contributed by atoms with van der Waals surface area (Å²) in [6, 6.07) is 8.90. The highest BCUT2D eigenvalue weighted by Gasteiger charge is 2.35. The number of nitrogens with one attached hydrogen (secondary N) is 1. The molecule has 0 bridgehead atoms. The van der Waals surface area contributed by atoms with Gasteiger partial charge < -0.3 is 15.5 Å². The molecule has 0 heterocycles. The number of rotatable bonds is 7. The molecule has 0 aliphatic carbocycles. The highest BCUT2D eigenvalue weighted by Crippen LogP contribution is 2.13. The Morgan fingerprint density at radius 2 is 1.75 bits per heavy atom. The summed E-state index contributed by atoms with van der Waals surface area (Å²) in [7, 11) is 0. The zero-order chi connectivity index (χ0) is 15.2. The lowest BCUT2D eigenvalue weighted by Gasteiger charge is -2.25. The number of carbonyl (C=O) groups is 3. The molecule has 0 unspecified atom stereocenters. The van der Waals surface area contributed by atoms with Crippen LogP contribution in [0, 0.1) is 0 Å². The van der Waals surface area contributed by atoms with Gasteiger partial charge in [-0.25, -0.2) is 4.79 Å². The van der Waals surface area contributed by atoms with Gasteiger partial charge >= 0.3 is 11.9 Å². The maximum absolute atomic E-state index is 11.9. The third-order valence-electron chi connectivity index (χ3n) is 2.93. The van der Waals surface area contributed by atoms with Crippen LogP contribution in [-0.2, 0) is 20.8 Å². The van der Waals surface area contributed by atoms with Crippen molar-refractivity contribution in [3.63, 3.8) is 0 Å². The Morgan fingerprint density at radius 1 is 1.15 bits per heavy atom. The first kappa shape index (κ1) is 15.7. The van der Waals surface area contributed by atoms with E-state index in [1.165, 1.54) is 6.92 Å². The number of carbonyl (C=O) groups excluding carboxylic acids is 1. The summed E-state index contributed by atoms with van der Waals surface area (Å²) in [5.41, 5.74) is -0.819. The molecule has 0 saturated heterocycles. The molecule has 1 amide bonds. The molecule has 0 saturated carbocycles. The standard InChI is InChI=1S/C14H17NO5/c1-14(13(19)20,8-7-12(17)18)15-11(16)9-10-5-3-2-4-6-10/h2-6H,7-9H2,1H3,(H,15,16)(H,17,18)(H,19,20)/t14-/m1/s1. The minimum Gasteiger partial charge on any atom is -0.481 e. The SMILES string of the molecule is C[C@](CCC(=O)O)(NC(=O)Cc1ccccc1)C(=O)O. The van der Waals surface area contributed by atoms with Crippen LogP contribution in [0.4, 0.5) is 0 Å². The fourth-order valence-electron chi connectivity index (χ4n) is 1.71. The molecule has 6 heteroatoms. The van der Waals surface area contributed by atoms with Gasteiger partial charge in [-0.2, -0.15) is 0 Å². The predicted octanol–water partition coefficient (Wildman–Crippen LogP) is 1.05. The number of hydrogen-bond donors (Lipinski definition) is 3. The largest absolute Gasteiger partial charge is 0.481 e. The number of carboxylic acids is 2. The second kappa shape index (κ2) is 6.70. The zero-order valence-electron chi connectivity index (χ0n) is 11.1. The Balaban J connectivity index is 2.68. The van der Waals surface area contributed by atoms with Crippen molar-refractivity contribution in [2.75, 3.05) is 0 Å². The van der Waals surface area contributed by atoms with Crippen molar-refractivity contribution >= 4 is 17.8 Å². The van der Waals surface area contributed by atoms with Gasteiger partial charge in [0.15, 0.2) is 0 Å². The lowest BCUT2D eigenvalue weighted by molar-refractivity contribution is -0.148. The van der Waals surface area contributed by atoms with Gasteiger partial charge in [-0.3, -0.25) is 9.59 Å². The molecule has 0 spiro atoms. The van der Waals surface area contributed by atoms with Crippen LogP contribution in [-0.4, -0.2) is 33.6 Å². The van der Waals surface area contributed by atoms with Crippen LogP contribution < -0.4 is 5.32 Å². The molecule has 0 aromatic heterocycles. The molecular weight excluding hydrogens is 262 g/mol. The van der Waals surface area contributed by atoms with E-state index in [2.05, 4.69) is 5.32 Å². The number of hydrogen-bond acceptors (Lipinski definition) is 3. The van der Waals surface area contributed by atoms with Crippen molar-refractivity contribution in [2.45, 2.75) is 31.7 Å². The van der Waals surface area contributed by atoms with E-state index in [9.17, 15) is 14.4 Å². The van der Waals surface area contributed by atoms with Gasteiger partial charge in [0.2, 0.25) is 5.91 Å². The lowest BCUT2D eigenvalue weighted by Crippen LogP contribution is -2.52. The molecule has 1 aromatic carbocycles. The maximum Gasteiger partial charge on any atom is 0.329 e. The Hall–Kier alpha value is -2.37. The van der Waals surface area contributed by atoms with Crippen molar-refractivity contribution in [2.24, 2.45) is 0 Å². The number of carboxylic acid groups (broad SMARTS) is 2. The Morgan fingerprint density at radius 3 is 2.25 bits per heavy atom. The van der Waals surface area contributed by atoms with E-state index in [1.807, 2.05) is 6.07 Å². The van der Waals surface area contributed by atoms with Gasteiger partial charge in [-0.15, -0.1) is 0 Å². The van der Waals surface area contributed by atoms with Crippen molar-refractivity contribution in [1.29, 1.82) is 0 Å². The van der Waals surface area contributed by atoms with Gasteiger partial charge in [0.05, 0.1) is 6.42 Å². The van der Waals surface area contributed by atoms with Crippen molar-refractivity contribution in [1.82, 2.24) is 5.32 Å². The molecule has 0 radical (unpaired) electrons. The van der Waals surface area contributed by atoms with Crippen molar-refractivity contribution in [3.8, 4) is 0 Å². The molecule has 108 valence electrons. The monoisotopic (exact) mass is 279 g/mol. The van der Waals surface area contributed by atoms with Crippen LogP contribution in [0.25, 0.3) is 0 Å². The lowest BCUT2D eigenvalue weighted by atomic mass is 9.95. The van der Waals surface area contributed by atoms with Crippen molar-refractivity contribution in [3.05, 3.63) is 35.9 Å². The first-order valence-electron chi connectivity index (χ1n) is 6.13. The fourth-order valence-corrected chi connectivity index (χ4v) is 1.71. The average Bonchev–Trinajstić information content (AvgIpc) is 2.37. The van der Waals surface area contributed by atoms with Crippen molar-refractivity contribution < 1.29 is 24.6 Å². The van der Waals surface area contributed by atoms with Gasteiger partial charge in [0, 0.05) is 6.42 Å². The zero-order valence-corrected chi connectivity index (χ0v) is 11.1. The van der Waals surface area contributed by atoms with Gasteiger partial charge in [0.1, 0.15) is 5.54 Å². The Kier molecular flexibility index (Phi) is 5.25. The van der Waals surface area contributed by atoms with E-state index in [0.29, 0.717) is 0 Å². The molecule has 20 heavy (non-hydrogen) atoms. The molecule has 3 N–H and O–H groups in total. The average molecular weight is 279 g/mol. The van der Waals surface area contributed by atoms with E-state index in [4.69, 9.17) is 10.2 Å². The van der Waals surface area contributed by atoms with E-state index in [-0.39, 0.29) is 19.3 Å². The summed E-state index contributed by atoms with van der Waals surface area (Å²) in [5, 5.41) is 20.2. The predicted molar refractivity (Wildman–Crippen MR) is 71.2 cm³/mol. The quantitative estimate of drug-likeness (QED) is 0.692.